The van der Waals surface area contributed by atoms with Crippen LogP contribution in [0.1, 0.15) is 37.4 Å². The van der Waals surface area contributed by atoms with Crippen LogP contribution in [0, 0.1) is 0 Å². The molecule has 0 N–H and O–H groups in total. The van der Waals surface area contributed by atoms with Crippen LogP contribution in [0.2, 0.25) is 0 Å². The van der Waals surface area contributed by atoms with Crippen molar-refractivity contribution in [2.45, 2.75) is 54.4 Å². The average molecular weight is 437 g/mol. The van der Waals surface area contributed by atoms with E-state index in [-0.39, 0.29) is 6.10 Å². The Hall–Kier alpha value is -2.36. The van der Waals surface area contributed by atoms with Crippen molar-refractivity contribution in [2.75, 3.05) is 6.61 Å². The zero-order chi connectivity index (χ0) is 19.9. The zero-order valence-electron chi connectivity index (χ0n) is 16.3. The number of tetrazole rings is 1. The van der Waals surface area contributed by atoms with Crippen LogP contribution in [-0.2, 0) is 11.3 Å². The van der Waals surface area contributed by atoms with Crippen LogP contribution in [0.25, 0.3) is 21.3 Å². The van der Waals surface area contributed by atoms with Gasteiger partial charge in [-0.25, -0.2) is 14.6 Å². The summed E-state index contributed by atoms with van der Waals surface area (Å²) in [7, 11) is 0. The van der Waals surface area contributed by atoms with Gasteiger partial charge in [-0.15, -0.1) is 16.4 Å². The summed E-state index contributed by atoms with van der Waals surface area (Å²) in [5.74, 6) is 1.43. The van der Waals surface area contributed by atoms with Gasteiger partial charge in [0.15, 0.2) is 0 Å². The average Bonchev–Trinajstić information content (AvgIpc) is 3.13. The largest absolute Gasteiger partial charge is 0.376 e. The molecule has 6 rings (SSSR count). The molecule has 7 nitrogen and oxygen atoms in total. The van der Waals surface area contributed by atoms with E-state index in [2.05, 4.69) is 45.2 Å². The van der Waals surface area contributed by atoms with E-state index in [0.29, 0.717) is 12.5 Å². The van der Waals surface area contributed by atoms with Gasteiger partial charge >= 0.3 is 0 Å². The van der Waals surface area contributed by atoms with E-state index in [9.17, 15) is 0 Å². The molecule has 1 aliphatic carbocycles. The lowest BCUT2D eigenvalue weighted by molar-refractivity contribution is 0.0912. The molecule has 9 heteroatoms. The second-order valence-electron chi connectivity index (χ2n) is 7.74. The first-order valence-corrected chi connectivity index (χ1v) is 11.9. The third-order valence-electron chi connectivity index (χ3n) is 5.53. The molecule has 3 aromatic heterocycles. The van der Waals surface area contributed by atoms with Gasteiger partial charge in [-0.2, -0.15) is 0 Å². The number of hydrogen-bond donors (Lipinski definition) is 0. The lowest BCUT2D eigenvalue weighted by Gasteiger charge is -2.11. The topological polar surface area (TPSA) is 78.6 Å². The van der Waals surface area contributed by atoms with E-state index in [0.717, 1.165) is 45.7 Å². The maximum Gasteiger partial charge on any atom is 0.215 e. The van der Waals surface area contributed by atoms with Crippen molar-refractivity contribution in [2.24, 2.45) is 0 Å². The first-order valence-electron chi connectivity index (χ1n) is 10.3. The highest BCUT2D eigenvalue weighted by Crippen LogP contribution is 2.44. The van der Waals surface area contributed by atoms with E-state index in [1.807, 2.05) is 10.7 Å². The molecule has 0 bridgehead atoms. The van der Waals surface area contributed by atoms with Crippen molar-refractivity contribution < 1.29 is 4.74 Å². The van der Waals surface area contributed by atoms with Crippen molar-refractivity contribution >= 4 is 33.3 Å². The predicted molar refractivity (Wildman–Crippen MR) is 116 cm³/mol. The molecule has 1 atom stereocenters. The van der Waals surface area contributed by atoms with Gasteiger partial charge < -0.3 is 4.74 Å². The van der Waals surface area contributed by atoms with E-state index >= 15 is 0 Å². The van der Waals surface area contributed by atoms with Crippen LogP contribution in [0.4, 0.5) is 0 Å². The fourth-order valence-electron chi connectivity index (χ4n) is 3.81. The Morgan fingerprint density at radius 1 is 1.13 bits per heavy atom. The van der Waals surface area contributed by atoms with E-state index < -0.39 is 0 Å². The van der Waals surface area contributed by atoms with Crippen LogP contribution >= 0.6 is 23.1 Å². The summed E-state index contributed by atoms with van der Waals surface area (Å²) in [6, 6.07) is 10.4. The first kappa shape index (κ1) is 18.4. The summed E-state index contributed by atoms with van der Waals surface area (Å²) in [6.45, 7) is 1.50. The van der Waals surface area contributed by atoms with Gasteiger partial charge in [0.25, 0.3) is 0 Å². The van der Waals surface area contributed by atoms with Crippen LogP contribution in [0.15, 0.2) is 45.9 Å². The Morgan fingerprint density at radius 3 is 2.83 bits per heavy atom. The van der Waals surface area contributed by atoms with Gasteiger partial charge in [0.2, 0.25) is 5.16 Å². The van der Waals surface area contributed by atoms with E-state index in [4.69, 9.17) is 14.7 Å². The zero-order valence-corrected chi connectivity index (χ0v) is 17.9. The maximum atomic E-state index is 5.78. The van der Waals surface area contributed by atoms with Crippen molar-refractivity contribution in [1.82, 2.24) is 30.2 Å². The van der Waals surface area contributed by atoms with Crippen LogP contribution < -0.4 is 0 Å². The minimum Gasteiger partial charge on any atom is -0.376 e. The number of nitrogens with zero attached hydrogens (tertiary/aromatic N) is 6. The molecule has 2 aliphatic rings. The van der Waals surface area contributed by atoms with Gasteiger partial charge in [-0.05, 0) is 53.4 Å². The van der Waals surface area contributed by atoms with Crippen molar-refractivity contribution in [3.63, 3.8) is 0 Å². The fourth-order valence-corrected chi connectivity index (χ4v) is 5.74. The fraction of sp³-hybridized carbons (Fsp3) is 0.381. The predicted octanol–water partition coefficient (Wildman–Crippen LogP) is 4.55. The molecule has 1 saturated carbocycles. The molecule has 4 heterocycles. The Morgan fingerprint density at radius 2 is 2.03 bits per heavy atom. The lowest BCUT2D eigenvalue weighted by atomic mass is 10.1. The number of rotatable bonds is 6. The van der Waals surface area contributed by atoms with Crippen molar-refractivity contribution in [3.05, 3.63) is 41.5 Å². The van der Waals surface area contributed by atoms with Crippen LogP contribution in [0.5, 0.6) is 0 Å². The normalized spacial score (nSPS) is 19.0. The highest BCUT2D eigenvalue weighted by atomic mass is 32.2. The summed E-state index contributed by atoms with van der Waals surface area (Å²) >= 11 is 3.22. The maximum absolute atomic E-state index is 5.78. The molecule has 0 spiro atoms. The highest BCUT2D eigenvalue weighted by molar-refractivity contribution is 7.99. The molecule has 0 amide bonds. The third-order valence-corrected chi connectivity index (χ3v) is 7.37. The number of hydrogen-bond acceptors (Lipinski definition) is 8. The quantitative estimate of drug-likeness (QED) is 0.410. The summed E-state index contributed by atoms with van der Waals surface area (Å²) < 4.78 is 7.62. The molecule has 0 radical (unpaired) electrons. The second kappa shape index (κ2) is 7.72. The smallest absolute Gasteiger partial charge is 0.215 e. The first-order chi connectivity index (χ1) is 14.8. The monoisotopic (exact) mass is 436 g/mol. The molecular formula is C21H20N6OS2. The highest BCUT2D eigenvalue weighted by Gasteiger charge is 2.29. The summed E-state index contributed by atoms with van der Waals surface area (Å²) in [5, 5.41) is 17.4. The summed E-state index contributed by atoms with van der Waals surface area (Å²) in [6.07, 6.45) is 4.67. The molecule has 2 fully saturated rings. The van der Waals surface area contributed by atoms with Gasteiger partial charge in [-0.3, -0.25) is 0 Å². The van der Waals surface area contributed by atoms with Crippen molar-refractivity contribution in [3.8, 4) is 11.1 Å². The molecule has 1 aliphatic heterocycles. The summed E-state index contributed by atoms with van der Waals surface area (Å²) in [4.78, 5) is 10.9. The molecule has 30 heavy (non-hydrogen) atoms. The van der Waals surface area contributed by atoms with Gasteiger partial charge in [-0.1, -0.05) is 30.3 Å². The molecule has 4 aromatic rings. The van der Waals surface area contributed by atoms with Gasteiger partial charge in [0.05, 0.1) is 18.0 Å². The van der Waals surface area contributed by atoms with Gasteiger partial charge in [0, 0.05) is 23.5 Å². The number of benzene rings is 1. The molecule has 1 unspecified atom stereocenters. The Bertz CT molecular complexity index is 1180. The van der Waals surface area contributed by atoms with E-state index in [1.165, 1.54) is 35.7 Å². The minimum absolute atomic E-state index is 0.182. The molecule has 1 saturated heterocycles. The number of ether oxygens (including phenoxy) is 1. The Balaban J connectivity index is 1.42. The van der Waals surface area contributed by atoms with Gasteiger partial charge in [0.1, 0.15) is 15.7 Å². The lowest BCUT2D eigenvalue weighted by Crippen LogP contribution is -2.16. The standard InChI is InChI=1S/C21H20N6OS2/c1-2-5-13(6-3-1)16-12-29-19-17(16)20(23-18(22-19)14-8-9-14)30-21-24-25-26-27(21)11-15-7-4-10-28-15/h1-3,5-6,12,14-15H,4,7-11H2. The number of aromatic nitrogens is 6. The minimum atomic E-state index is 0.182. The SMILES string of the molecule is c1ccc(-c2csc3nc(C4CC4)nc(Sc4nnnn4CC4CCCO4)c23)cc1. The van der Waals surface area contributed by atoms with E-state index in [1.54, 1.807) is 11.3 Å². The number of fused-ring (bicyclic) bond motifs is 1. The van der Waals surface area contributed by atoms with Crippen LogP contribution in [-0.4, -0.2) is 42.9 Å². The molecular weight excluding hydrogens is 416 g/mol. The van der Waals surface area contributed by atoms with Crippen molar-refractivity contribution in [1.29, 1.82) is 0 Å². The summed E-state index contributed by atoms with van der Waals surface area (Å²) in [5.41, 5.74) is 2.34. The third kappa shape index (κ3) is 3.51. The Labute approximate surface area is 181 Å². The number of thiophene rings is 1. The second-order valence-corrected chi connectivity index (χ2v) is 9.55. The molecule has 152 valence electrons. The Kier molecular flexibility index (Phi) is 4.74. The molecule has 1 aromatic carbocycles. The van der Waals surface area contributed by atoms with Crippen LogP contribution in [0.3, 0.4) is 0 Å².